The van der Waals surface area contributed by atoms with Crippen LogP contribution < -0.4 is 4.74 Å². The maximum Gasteiger partial charge on any atom is 0.188 e. The van der Waals surface area contributed by atoms with Crippen molar-refractivity contribution in [3.63, 3.8) is 0 Å². The SMILES string of the molecule is [C-]#[N+]c1ccc2c(c1)c1cc(-c3ccc4c(c3)C(C)(C)c3ccccc3O4)ccc1n2-c1cnc2ccccc2c1. The first-order valence-corrected chi connectivity index (χ1v) is 13.7. The molecule has 0 aliphatic carbocycles. The summed E-state index contributed by atoms with van der Waals surface area (Å²) in [6.07, 6.45) is 1.93. The van der Waals surface area contributed by atoms with Crippen LogP contribution in [0, 0.1) is 6.57 Å². The Hall–Kier alpha value is -5.40. The number of rotatable bonds is 2. The molecule has 7 aromatic rings. The van der Waals surface area contributed by atoms with Crippen molar-refractivity contribution in [1.29, 1.82) is 0 Å². The van der Waals surface area contributed by atoms with Crippen molar-refractivity contribution in [2.75, 3.05) is 0 Å². The molecule has 0 N–H and O–H groups in total. The van der Waals surface area contributed by atoms with E-state index in [1.165, 1.54) is 11.1 Å². The Morgan fingerprint density at radius 3 is 2.29 bits per heavy atom. The molecule has 0 atom stereocenters. The lowest BCUT2D eigenvalue weighted by Crippen LogP contribution is -2.24. The Morgan fingerprint density at radius 1 is 0.707 bits per heavy atom. The third-order valence-electron chi connectivity index (χ3n) is 8.48. The van der Waals surface area contributed by atoms with Crippen molar-refractivity contribution in [3.8, 4) is 28.3 Å². The zero-order valence-corrected chi connectivity index (χ0v) is 22.7. The molecular weight excluding hydrogens is 502 g/mol. The van der Waals surface area contributed by atoms with Crippen molar-refractivity contribution in [2.45, 2.75) is 19.3 Å². The highest BCUT2D eigenvalue weighted by Crippen LogP contribution is 2.49. The van der Waals surface area contributed by atoms with E-state index >= 15 is 0 Å². The van der Waals surface area contributed by atoms with Crippen LogP contribution >= 0.6 is 0 Å². The van der Waals surface area contributed by atoms with E-state index in [2.05, 4.69) is 83.9 Å². The van der Waals surface area contributed by atoms with Gasteiger partial charge in [0.15, 0.2) is 5.69 Å². The minimum absolute atomic E-state index is 0.187. The average Bonchev–Trinajstić information content (AvgIpc) is 3.33. The molecule has 0 spiro atoms. The maximum atomic E-state index is 7.64. The predicted octanol–water partition coefficient (Wildman–Crippen LogP) is 9.98. The molecule has 3 heterocycles. The van der Waals surface area contributed by atoms with Gasteiger partial charge in [-0.15, -0.1) is 0 Å². The van der Waals surface area contributed by atoms with E-state index in [4.69, 9.17) is 16.3 Å². The lowest BCUT2D eigenvalue weighted by Gasteiger charge is -2.34. The van der Waals surface area contributed by atoms with Crippen molar-refractivity contribution >= 4 is 38.4 Å². The third-order valence-corrected chi connectivity index (χ3v) is 8.48. The maximum absolute atomic E-state index is 7.64. The summed E-state index contributed by atoms with van der Waals surface area (Å²) >= 11 is 0. The molecule has 194 valence electrons. The summed E-state index contributed by atoms with van der Waals surface area (Å²) in [5.41, 5.74) is 9.17. The fourth-order valence-electron chi connectivity index (χ4n) is 6.34. The minimum atomic E-state index is -0.187. The van der Waals surface area contributed by atoms with Gasteiger partial charge < -0.3 is 9.30 Å². The molecule has 0 amide bonds. The van der Waals surface area contributed by atoms with Crippen molar-refractivity contribution < 1.29 is 4.74 Å². The molecule has 2 aromatic heterocycles. The number of hydrogen-bond donors (Lipinski definition) is 0. The highest BCUT2D eigenvalue weighted by molar-refractivity contribution is 6.11. The first-order valence-electron chi connectivity index (χ1n) is 13.7. The van der Waals surface area contributed by atoms with Gasteiger partial charge in [0.25, 0.3) is 0 Å². The van der Waals surface area contributed by atoms with Gasteiger partial charge >= 0.3 is 0 Å². The highest BCUT2D eigenvalue weighted by atomic mass is 16.5. The van der Waals surface area contributed by atoms with E-state index < -0.39 is 0 Å². The molecule has 1 aliphatic rings. The van der Waals surface area contributed by atoms with Gasteiger partial charge in [0, 0.05) is 27.3 Å². The summed E-state index contributed by atoms with van der Waals surface area (Å²) in [5, 5.41) is 3.25. The fourth-order valence-corrected chi connectivity index (χ4v) is 6.34. The number of hydrogen-bond acceptors (Lipinski definition) is 2. The molecule has 4 heteroatoms. The molecule has 41 heavy (non-hydrogen) atoms. The molecule has 0 bridgehead atoms. The monoisotopic (exact) mass is 527 g/mol. The summed E-state index contributed by atoms with van der Waals surface area (Å²) in [6.45, 7) is 12.2. The molecule has 1 aliphatic heterocycles. The lowest BCUT2D eigenvalue weighted by molar-refractivity contribution is 0.418. The predicted molar refractivity (Wildman–Crippen MR) is 166 cm³/mol. The summed E-state index contributed by atoms with van der Waals surface area (Å²) in [7, 11) is 0. The molecule has 0 saturated heterocycles. The van der Waals surface area contributed by atoms with E-state index in [0.29, 0.717) is 5.69 Å². The molecule has 0 saturated carbocycles. The number of ether oxygens (including phenoxy) is 1. The number of benzene rings is 5. The van der Waals surface area contributed by atoms with Gasteiger partial charge in [0.2, 0.25) is 0 Å². The van der Waals surface area contributed by atoms with Crippen molar-refractivity contribution in [1.82, 2.24) is 9.55 Å². The molecular formula is C37H25N3O. The number of fused-ring (bicyclic) bond motifs is 6. The zero-order chi connectivity index (χ0) is 27.7. The normalized spacial score (nSPS) is 13.5. The summed E-state index contributed by atoms with van der Waals surface area (Å²) in [4.78, 5) is 8.47. The first kappa shape index (κ1) is 23.5. The third kappa shape index (κ3) is 3.49. The molecule has 8 rings (SSSR count). The second-order valence-corrected chi connectivity index (χ2v) is 11.2. The van der Waals surface area contributed by atoms with E-state index in [1.807, 2.05) is 54.7 Å². The van der Waals surface area contributed by atoms with Crippen LogP contribution in [0.5, 0.6) is 11.5 Å². The molecule has 0 fully saturated rings. The molecule has 0 unspecified atom stereocenters. The number of pyridine rings is 1. The Morgan fingerprint density at radius 2 is 1.41 bits per heavy atom. The standard InChI is InChI=1S/C37H25N3O/c1-37(2)30-9-5-7-11-35(30)41-36-17-13-24(20-31(36)37)23-12-15-33-28(19-23)29-21-26(38-3)14-16-34(29)40(33)27-18-25-8-4-6-10-32(25)39-22-27/h4-22H,1-2H3. The summed E-state index contributed by atoms with van der Waals surface area (Å²) in [5.74, 6) is 1.83. The van der Waals surface area contributed by atoms with Gasteiger partial charge in [0.1, 0.15) is 11.5 Å². The second-order valence-electron chi connectivity index (χ2n) is 11.2. The van der Waals surface area contributed by atoms with Gasteiger partial charge in [-0.3, -0.25) is 4.98 Å². The summed E-state index contributed by atoms with van der Waals surface area (Å²) < 4.78 is 8.56. The Labute approximate surface area is 237 Å². The Balaban J connectivity index is 1.33. The minimum Gasteiger partial charge on any atom is -0.457 e. The van der Waals surface area contributed by atoms with Crippen molar-refractivity contribution in [3.05, 3.63) is 138 Å². The largest absolute Gasteiger partial charge is 0.457 e. The van der Waals surface area contributed by atoms with E-state index in [1.54, 1.807) is 0 Å². The quantitative estimate of drug-likeness (QED) is 0.210. The van der Waals surface area contributed by atoms with Crippen LogP contribution in [0.2, 0.25) is 0 Å². The molecule has 4 nitrogen and oxygen atoms in total. The topological polar surface area (TPSA) is 31.4 Å². The number of aromatic nitrogens is 2. The van der Waals surface area contributed by atoms with Crippen LogP contribution in [0.1, 0.15) is 25.0 Å². The average molecular weight is 528 g/mol. The smallest absolute Gasteiger partial charge is 0.188 e. The van der Waals surface area contributed by atoms with Gasteiger partial charge in [-0.1, -0.05) is 68.4 Å². The van der Waals surface area contributed by atoms with E-state index in [-0.39, 0.29) is 5.41 Å². The van der Waals surface area contributed by atoms with Gasteiger partial charge in [-0.2, -0.15) is 0 Å². The van der Waals surface area contributed by atoms with Crippen LogP contribution in [-0.4, -0.2) is 9.55 Å². The Kier molecular flexibility index (Phi) is 4.90. The van der Waals surface area contributed by atoms with E-state index in [9.17, 15) is 0 Å². The van der Waals surface area contributed by atoms with E-state index in [0.717, 1.165) is 61.0 Å². The van der Waals surface area contributed by atoms with Crippen LogP contribution in [0.25, 0.3) is 54.4 Å². The number of para-hydroxylation sites is 2. The van der Waals surface area contributed by atoms with Crippen LogP contribution in [-0.2, 0) is 5.41 Å². The molecule has 5 aromatic carbocycles. The van der Waals surface area contributed by atoms with Gasteiger partial charge in [-0.25, -0.2) is 4.85 Å². The van der Waals surface area contributed by atoms with Gasteiger partial charge in [-0.05, 0) is 71.1 Å². The van der Waals surface area contributed by atoms with Crippen LogP contribution in [0.4, 0.5) is 5.69 Å². The zero-order valence-electron chi connectivity index (χ0n) is 22.7. The second kappa shape index (κ2) is 8.55. The Bertz CT molecular complexity index is 2230. The van der Waals surface area contributed by atoms with Crippen LogP contribution in [0.15, 0.2) is 115 Å². The lowest BCUT2D eigenvalue weighted by atomic mass is 9.75. The highest BCUT2D eigenvalue weighted by Gasteiger charge is 2.34. The van der Waals surface area contributed by atoms with Crippen LogP contribution in [0.3, 0.4) is 0 Å². The molecule has 0 radical (unpaired) electrons. The summed E-state index contributed by atoms with van der Waals surface area (Å²) in [6, 6.07) is 37.7. The first-order chi connectivity index (χ1) is 20.0. The number of nitrogens with zero attached hydrogens (tertiary/aromatic N) is 3. The van der Waals surface area contributed by atoms with Gasteiger partial charge in [0.05, 0.1) is 35.0 Å². The fraction of sp³-hybridized carbons (Fsp3) is 0.0811. The van der Waals surface area contributed by atoms with Crippen molar-refractivity contribution in [2.24, 2.45) is 0 Å².